The Bertz CT molecular complexity index is 701. The number of carbonyl (C=O) groups excluding carboxylic acids is 2. The van der Waals surface area contributed by atoms with E-state index in [0.29, 0.717) is 23.5 Å². The molecule has 0 aliphatic heterocycles. The van der Waals surface area contributed by atoms with Gasteiger partial charge in [0.1, 0.15) is 0 Å². The minimum absolute atomic E-state index is 0.0778. The van der Waals surface area contributed by atoms with Crippen molar-refractivity contribution >= 4 is 34.5 Å². The quantitative estimate of drug-likeness (QED) is 0.462. The number of anilines is 1. The summed E-state index contributed by atoms with van der Waals surface area (Å²) in [6.07, 6.45) is 0.700. The zero-order chi connectivity index (χ0) is 16.7. The summed E-state index contributed by atoms with van der Waals surface area (Å²) in [7, 11) is 0. The fourth-order valence-electron chi connectivity index (χ4n) is 1.87. The fourth-order valence-corrected chi connectivity index (χ4v) is 2.51. The Hall–Kier alpha value is -2.74. The molecule has 0 saturated carbocycles. The predicted molar refractivity (Wildman–Crippen MR) is 87.6 cm³/mol. The van der Waals surface area contributed by atoms with Crippen LogP contribution in [-0.4, -0.2) is 23.3 Å². The van der Waals surface area contributed by atoms with Gasteiger partial charge in [-0.3, -0.25) is 19.7 Å². The molecule has 0 unspecified atom stereocenters. The molecule has 2 rings (SSSR count). The fraction of sp³-hybridized carbons (Fsp3) is 0.200. The third-order valence-corrected chi connectivity index (χ3v) is 3.82. The number of benzene rings is 1. The van der Waals surface area contributed by atoms with Crippen molar-refractivity contribution in [1.29, 1.82) is 0 Å². The number of non-ortho nitro benzene ring substituents is 1. The molecule has 120 valence electrons. The van der Waals surface area contributed by atoms with Crippen LogP contribution in [-0.2, 0) is 4.79 Å². The average Bonchev–Trinajstić information content (AvgIpc) is 3.06. The van der Waals surface area contributed by atoms with E-state index in [1.165, 1.54) is 29.5 Å². The monoisotopic (exact) mass is 333 g/mol. The lowest BCUT2D eigenvalue weighted by Crippen LogP contribution is -2.24. The van der Waals surface area contributed by atoms with E-state index in [9.17, 15) is 19.7 Å². The highest BCUT2D eigenvalue weighted by Crippen LogP contribution is 2.17. The summed E-state index contributed by atoms with van der Waals surface area (Å²) >= 11 is 1.35. The molecule has 2 aromatic rings. The van der Waals surface area contributed by atoms with Crippen LogP contribution in [0.1, 0.15) is 22.5 Å². The number of nitrogens with one attached hydrogen (secondary N) is 2. The van der Waals surface area contributed by atoms with E-state index in [0.717, 1.165) is 0 Å². The van der Waals surface area contributed by atoms with Crippen LogP contribution in [0.15, 0.2) is 41.8 Å². The van der Waals surface area contributed by atoms with Gasteiger partial charge in [-0.2, -0.15) is 0 Å². The summed E-state index contributed by atoms with van der Waals surface area (Å²) in [5.74, 6) is -0.407. The molecule has 2 N–H and O–H groups in total. The molecule has 0 aliphatic carbocycles. The summed E-state index contributed by atoms with van der Waals surface area (Å²) in [5, 5.41) is 17.8. The number of thiophene rings is 1. The number of nitro groups is 1. The Balaban J connectivity index is 1.72. The number of amides is 2. The molecule has 23 heavy (non-hydrogen) atoms. The normalized spacial score (nSPS) is 10.1. The maximum Gasteiger partial charge on any atom is 0.271 e. The molecule has 1 aromatic carbocycles. The molecule has 1 aromatic heterocycles. The number of hydrogen-bond acceptors (Lipinski definition) is 5. The highest BCUT2D eigenvalue weighted by molar-refractivity contribution is 7.12. The van der Waals surface area contributed by atoms with E-state index >= 15 is 0 Å². The van der Waals surface area contributed by atoms with Crippen molar-refractivity contribution in [3.05, 3.63) is 56.8 Å². The van der Waals surface area contributed by atoms with E-state index in [-0.39, 0.29) is 23.9 Å². The lowest BCUT2D eigenvalue weighted by atomic mass is 10.2. The molecule has 7 nitrogen and oxygen atoms in total. The van der Waals surface area contributed by atoms with E-state index < -0.39 is 4.92 Å². The Kier molecular flexibility index (Phi) is 5.81. The molecule has 0 radical (unpaired) electrons. The molecule has 0 atom stereocenters. The van der Waals surface area contributed by atoms with E-state index in [2.05, 4.69) is 10.6 Å². The van der Waals surface area contributed by atoms with Crippen LogP contribution in [0.3, 0.4) is 0 Å². The third-order valence-electron chi connectivity index (χ3n) is 2.95. The lowest BCUT2D eigenvalue weighted by molar-refractivity contribution is -0.384. The van der Waals surface area contributed by atoms with Crippen molar-refractivity contribution in [2.75, 3.05) is 11.9 Å². The highest BCUT2D eigenvalue weighted by atomic mass is 32.1. The van der Waals surface area contributed by atoms with Gasteiger partial charge in [-0.25, -0.2) is 0 Å². The van der Waals surface area contributed by atoms with Crippen molar-refractivity contribution < 1.29 is 14.5 Å². The van der Waals surface area contributed by atoms with Crippen LogP contribution in [0.4, 0.5) is 11.4 Å². The number of nitro benzene ring substituents is 1. The van der Waals surface area contributed by atoms with Gasteiger partial charge in [-0.05, 0) is 23.9 Å². The number of nitrogens with zero attached hydrogens (tertiary/aromatic N) is 1. The van der Waals surface area contributed by atoms with E-state index in [4.69, 9.17) is 0 Å². The molecule has 0 spiro atoms. The summed E-state index contributed by atoms with van der Waals surface area (Å²) in [6, 6.07) is 9.28. The van der Waals surface area contributed by atoms with Crippen LogP contribution in [0, 0.1) is 10.1 Å². The molecule has 0 fully saturated rings. The van der Waals surface area contributed by atoms with Gasteiger partial charge in [0.25, 0.3) is 11.6 Å². The molecule has 0 saturated heterocycles. The Morgan fingerprint density at radius 2 is 2.04 bits per heavy atom. The number of rotatable bonds is 7. The van der Waals surface area contributed by atoms with Crippen molar-refractivity contribution in [2.45, 2.75) is 12.8 Å². The Morgan fingerprint density at radius 1 is 1.22 bits per heavy atom. The predicted octanol–water partition coefficient (Wildman–Crippen LogP) is 2.81. The molecule has 0 aliphatic rings. The van der Waals surface area contributed by atoms with Gasteiger partial charge < -0.3 is 10.6 Å². The molecule has 0 bridgehead atoms. The first kappa shape index (κ1) is 16.6. The minimum Gasteiger partial charge on any atom is -0.351 e. The first-order chi connectivity index (χ1) is 11.1. The van der Waals surface area contributed by atoms with Gasteiger partial charge in [0.15, 0.2) is 0 Å². The van der Waals surface area contributed by atoms with Crippen LogP contribution >= 0.6 is 11.3 Å². The van der Waals surface area contributed by atoms with Crippen molar-refractivity contribution in [3.8, 4) is 0 Å². The van der Waals surface area contributed by atoms with Gasteiger partial charge >= 0.3 is 0 Å². The van der Waals surface area contributed by atoms with Crippen molar-refractivity contribution in [3.63, 3.8) is 0 Å². The van der Waals surface area contributed by atoms with Gasteiger partial charge in [-0.1, -0.05) is 12.1 Å². The zero-order valence-corrected chi connectivity index (χ0v) is 13.0. The molecular formula is C15H15N3O4S. The van der Waals surface area contributed by atoms with Crippen molar-refractivity contribution in [2.24, 2.45) is 0 Å². The second kappa shape index (κ2) is 8.04. The van der Waals surface area contributed by atoms with Gasteiger partial charge in [0.2, 0.25) is 5.91 Å². The van der Waals surface area contributed by atoms with Gasteiger partial charge in [-0.15, -0.1) is 11.3 Å². The molecule has 8 heteroatoms. The molecule has 1 heterocycles. The molecular weight excluding hydrogens is 318 g/mol. The first-order valence-corrected chi connectivity index (χ1v) is 7.80. The first-order valence-electron chi connectivity index (χ1n) is 6.92. The second-order valence-corrected chi connectivity index (χ2v) is 5.64. The largest absolute Gasteiger partial charge is 0.351 e. The van der Waals surface area contributed by atoms with Gasteiger partial charge in [0.05, 0.1) is 9.80 Å². The zero-order valence-electron chi connectivity index (χ0n) is 12.2. The topological polar surface area (TPSA) is 101 Å². The average molecular weight is 333 g/mol. The summed E-state index contributed by atoms with van der Waals surface area (Å²) in [4.78, 5) is 34.2. The van der Waals surface area contributed by atoms with E-state index in [1.807, 2.05) is 5.38 Å². The van der Waals surface area contributed by atoms with E-state index in [1.54, 1.807) is 18.2 Å². The summed E-state index contributed by atoms with van der Waals surface area (Å²) in [5.41, 5.74) is 0.304. The minimum atomic E-state index is -0.518. The standard InChI is InChI=1S/C15H15N3O4S/c19-14(17-11-4-1-5-12(10-11)18(21)22)7-2-8-16-15(20)13-6-3-9-23-13/h1,3-6,9-10H,2,7-8H2,(H,16,20)(H,17,19). The highest BCUT2D eigenvalue weighted by Gasteiger charge is 2.09. The third kappa shape index (κ3) is 5.19. The van der Waals surface area contributed by atoms with Crippen LogP contribution in [0.25, 0.3) is 0 Å². The number of carbonyl (C=O) groups is 2. The SMILES string of the molecule is O=C(CCCNC(=O)c1cccs1)Nc1cccc([N+](=O)[O-])c1. The summed E-state index contributed by atoms with van der Waals surface area (Å²) < 4.78 is 0. The second-order valence-electron chi connectivity index (χ2n) is 4.69. The van der Waals surface area contributed by atoms with Crippen LogP contribution in [0.2, 0.25) is 0 Å². The Morgan fingerprint density at radius 3 is 2.74 bits per heavy atom. The maximum absolute atomic E-state index is 11.8. The van der Waals surface area contributed by atoms with Crippen LogP contribution in [0.5, 0.6) is 0 Å². The smallest absolute Gasteiger partial charge is 0.271 e. The van der Waals surface area contributed by atoms with Crippen LogP contribution < -0.4 is 10.6 Å². The number of hydrogen-bond donors (Lipinski definition) is 2. The lowest BCUT2D eigenvalue weighted by Gasteiger charge is -2.06. The van der Waals surface area contributed by atoms with Crippen molar-refractivity contribution in [1.82, 2.24) is 5.32 Å². The summed E-state index contributed by atoms with van der Waals surface area (Å²) in [6.45, 7) is 0.388. The van der Waals surface area contributed by atoms with Gasteiger partial charge in [0, 0.05) is 30.8 Å². The maximum atomic E-state index is 11.8. The Labute approximate surface area is 136 Å². The molecule has 2 amide bonds.